The fraction of sp³-hybridized carbons (Fsp3) is 0.0526. The highest BCUT2D eigenvalue weighted by Gasteiger charge is 2.21. The molecular formula is C19H13FN4O3S. The molecule has 2 aromatic heterocycles. The lowest BCUT2D eigenvalue weighted by Crippen LogP contribution is -2.13. The summed E-state index contributed by atoms with van der Waals surface area (Å²) in [6, 6.07) is 11.1. The maximum atomic E-state index is 14.0. The summed E-state index contributed by atoms with van der Waals surface area (Å²) < 4.78 is 20.1. The summed E-state index contributed by atoms with van der Waals surface area (Å²) in [6.07, 6.45) is 1.10. The number of anilines is 2. The smallest absolute Gasteiger partial charge is 0.278 e. The Morgan fingerprint density at radius 1 is 1.14 bits per heavy atom. The first-order chi connectivity index (χ1) is 13.5. The highest BCUT2D eigenvalue weighted by atomic mass is 32.1. The number of hydrogen-bond donors (Lipinski definition) is 2. The van der Waals surface area contributed by atoms with Crippen LogP contribution < -0.4 is 10.6 Å². The summed E-state index contributed by atoms with van der Waals surface area (Å²) >= 11 is 1.29. The number of thiazole rings is 1. The fourth-order valence-corrected chi connectivity index (χ4v) is 3.59. The van der Waals surface area contributed by atoms with E-state index in [0.717, 1.165) is 11.1 Å². The van der Waals surface area contributed by atoms with Crippen LogP contribution in [0.2, 0.25) is 0 Å². The van der Waals surface area contributed by atoms with Gasteiger partial charge in [0.25, 0.3) is 5.91 Å². The molecular weight excluding hydrogens is 383 g/mol. The number of rotatable bonds is 4. The van der Waals surface area contributed by atoms with E-state index in [1.165, 1.54) is 30.4 Å². The third kappa shape index (κ3) is 3.47. The summed E-state index contributed by atoms with van der Waals surface area (Å²) in [6.45, 7) is 1.41. The number of fused-ring (bicyclic) bond motifs is 1. The van der Waals surface area contributed by atoms with E-state index in [0.29, 0.717) is 16.3 Å². The van der Waals surface area contributed by atoms with Crippen molar-refractivity contribution in [3.8, 4) is 11.3 Å². The largest absolute Gasteiger partial charge is 0.443 e. The molecule has 0 aliphatic rings. The van der Waals surface area contributed by atoms with Crippen LogP contribution in [0.4, 0.5) is 15.2 Å². The van der Waals surface area contributed by atoms with Gasteiger partial charge in [0.2, 0.25) is 5.91 Å². The van der Waals surface area contributed by atoms with E-state index in [2.05, 4.69) is 20.6 Å². The maximum absolute atomic E-state index is 14.0. The van der Waals surface area contributed by atoms with Gasteiger partial charge < -0.3 is 15.1 Å². The van der Waals surface area contributed by atoms with Gasteiger partial charge in [-0.15, -0.1) is 0 Å². The molecule has 2 heterocycles. The van der Waals surface area contributed by atoms with Crippen molar-refractivity contribution >= 4 is 44.2 Å². The van der Waals surface area contributed by atoms with E-state index in [-0.39, 0.29) is 22.9 Å². The number of aromatic nitrogens is 2. The summed E-state index contributed by atoms with van der Waals surface area (Å²) in [5.74, 6) is -1.19. The van der Waals surface area contributed by atoms with Crippen molar-refractivity contribution in [1.29, 1.82) is 0 Å². The molecule has 4 aromatic rings. The van der Waals surface area contributed by atoms with Crippen molar-refractivity contribution in [2.75, 3.05) is 10.6 Å². The molecule has 7 nitrogen and oxygen atoms in total. The lowest BCUT2D eigenvalue weighted by Gasteiger charge is -2.05. The molecule has 0 saturated carbocycles. The Bertz CT molecular complexity index is 1200. The molecule has 140 valence electrons. The molecule has 9 heteroatoms. The van der Waals surface area contributed by atoms with Gasteiger partial charge in [0, 0.05) is 12.6 Å². The van der Waals surface area contributed by atoms with Crippen LogP contribution >= 0.6 is 11.3 Å². The zero-order chi connectivity index (χ0) is 19.7. The summed E-state index contributed by atoms with van der Waals surface area (Å²) in [4.78, 5) is 32.0. The highest BCUT2D eigenvalue weighted by molar-refractivity contribution is 7.22. The second kappa shape index (κ2) is 7.20. The second-order valence-corrected chi connectivity index (χ2v) is 6.88. The number of halogens is 1. The van der Waals surface area contributed by atoms with Gasteiger partial charge in [-0.3, -0.25) is 9.59 Å². The highest BCUT2D eigenvalue weighted by Crippen LogP contribution is 2.30. The van der Waals surface area contributed by atoms with Gasteiger partial charge in [-0.1, -0.05) is 23.5 Å². The number of nitrogens with zero attached hydrogens (tertiary/aromatic N) is 2. The molecule has 28 heavy (non-hydrogen) atoms. The SMILES string of the molecule is CC(=O)Nc1nc2ccc(NC(=O)c3ncoc3-c3ccccc3F)cc2s1. The van der Waals surface area contributed by atoms with Crippen molar-refractivity contribution in [3.63, 3.8) is 0 Å². The van der Waals surface area contributed by atoms with Gasteiger partial charge in [0.1, 0.15) is 5.82 Å². The third-order valence-corrected chi connectivity index (χ3v) is 4.76. The molecule has 0 saturated heterocycles. The maximum Gasteiger partial charge on any atom is 0.278 e. The summed E-state index contributed by atoms with van der Waals surface area (Å²) in [5.41, 5.74) is 1.34. The molecule has 4 rings (SSSR count). The molecule has 0 aliphatic heterocycles. The molecule has 0 atom stereocenters. The summed E-state index contributed by atoms with van der Waals surface area (Å²) in [7, 11) is 0. The second-order valence-electron chi connectivity index (χ2n) is 5.85. The minimum atomic E-state index is -0.530. The Balaban J connectivity index is 1.60. The molecule has 2 aromatic carbocycles. The Morgan fingerprint density at radius 3 is 2.75 bits per heavy atom. The van der Waals surface area contributed by atoms with Crippen molar-refractivity contribution in [2.24, 2.45) is 0 Å². The molecule has 0 fully saturated rings. The minimum absolute atomic E-state index is 0.0200. The van der Waals surface area contributed by atoms with Gasteiger partial charge in [-0.2, -0.15) is 0 Å². The van der Waals surface area contributed by atoms with Crippen molar-refractivity contribution < 1.29 is 18.4 Å². The van der Waals surface area contributed by atoms with Gasteiger partial charge in [0.15, 0.2) is 23.0 Å². The first-order valence-electron chi connectivity index (χ1n) is 8.19. The lowest BCUT2D eigenvalue weighted by molar-refractivity contribution is -0.114. The number of carbonyl (C=O) groups is 2. The van der Waals surface area contributed by atoms with E-state index in [4.69, 9.17) is 4.42 Å². The lowest BCUT2D eigenvalue weighted by atomic mass is 10.1. The van der Waals surface area contributed by atoms with Crippen LogP contribution in [0.25, 0.3) is 21.5 Å². The fourth-order valence-electron chi connectivity index (χ4n) is 2.64. The predicted octanol–water partition coefficient (Wildman–Crippen LogP) is 4.30. The number of nitrogens with one attached hydrogen (secondary N) is 2. The molecule has 2 N–H and O–H groups in total. The minimum Gasteiger partial charge on any atom is -0.443 e. The zero-order valence-corrected chi connectivity index (χ0v) is 15.3. The van der Waals surface area contributed by atoms with Gasteiger partial charge in [-0.25, -0.2) is 14.4 Å². The van der Waals surface area contributed by atoms with Crippen LogP contribution in [-0.2, 0) is 4.79 Å². The van der Waals surface area contributed by atoms with Crippen LogP contribution in [0.1, 0.15) is 17.4 Å². The van der Waals surface area contributed by atoms with Crippen molar-refractivity contribution in [2.45, 2.75) is 6.92 Å². The first kappa shape index (κ1) is 17.8. The van der Waals surface area contributed by atoms with E-state index in [9.17, 15) is 14.0 Å². The van der Waals surface area contributed by atoms with E-state index >= 15 is 0 Å². The Labute approximate surface area is 162 Å². The van der Waals surface area contributed by atoms with Crippen LogP contribution in [-0.4, -0.2) is 21.8 Å². The van der Waals surface area contributed by atoms with Crippen LogP contribution in [0.5, 0.6) is 0 Å². The van der Waals surface area contributed by atoms with E-state index < -0.39 is 11.7 Å². The quantitative estimate of drug-likeness (QED) is 0.536. The van der Waals surface area contributed by atoms with E-state index in [1.807, 2.05) is 0 Å². The standard InChI is InChI=1S/C19H13FN4O3S/c1-10(25)22-19-24-14-7-6-11(8-15(14)28-19)23-18(26)16-17(27-9-21-16)12-4-2-3-5-13(12)20/h2-9H,1H3,(H,23,26)(H,22,24,25). The van der Waals surface area contributed by atoms with E-state index in [1.54, 1.807) is 30.3 Å². The molecule has 0 bridgehead atoms. The van der Waals surface area contributed by atoms with Gasteiger partial charge in [0.05, 0.1) is 15.8 Å². The Kier molecular flexibility index (Phi) is 4.58. The van der Waals surface area contributed by atoms with Crippen LogP contribution in [0.15, 0.2) is 53.3 Å². The van der Waals surface area contributed by atoms with Crippen LogP contribution in [0, 0.1) is 5.82 Å². The number of hydrogen-bond acceptors (Lipinski definition) is 6. The molecule has 2 amide bonds. The number of amides is 2. The van der Waals surface area contributed by atoms with Crippen molar-refractivity contribution in [1.82, 2.24) is 9.97 Å². The van der Waals surface area contributed by atoms with Crippen LogP contribution in [0.3, 0.4) is 0 Å². The average molecular weight is 396 g/mol. The average Bonchev–Trinajstić information content (AvgIpc) is 3.27. The van der Waals surface area contributed by atoms with Crippen molar-refractivity contribution in [3.05, 3.63) is 60.4 Å². The monoisotopic (exact) mass is 396 g/mol. The normalized spacial score (nSPS) is 10.8. The molecule has 0 unspecified atom stereocenters. The predicted molar refractivity (Wildman–Crippen MR) is 104 cm³/mol. The number of benzene rings is 2. The number of carbonyl (C=O) groups excluding carboxylic acids is 2. The van der Waals surface area contributed by atoms with Gasteiger partial charge in [-0.05, 0) is 30.3 Å². The number of oxazole rings is 1. The molecule has 0 aliphatic carbocycles. The van der Waals surface area contributed by atoms with Gasteiger partial charge >= 0.3 is 0 Å². The summed E-state index contributed by atoms with van der Waals surface area (Å²) in [5, 5.41) is 5.83. The Morgan fingerprint density at radius 2 is 1.96 bits per heavy atom. The molecule has 0 radical (unpaired) electrons. The first-order valence-corrected chi connectivity index (χ1v) is 9.01. The topological polar surface area (TPSA) is 97.1 Å². The zero-order valence-electron chi connectivity index (χ0n) is 14.5. The molecule has 0 spiro atoms. The Hall–Kier alpha value is -3.59. The third-order valence-electron chi connectivity index (χ3n) is 3.83.